The van der Waals surface area contributed by atoms with E-state index in [9.17, 15) is 23.1 Å². The van der Waals surface area contributed by atoms with Crippen LogP contribution in [-0.4, -0.2) is 81.3 Å². The normalized spacial score (nSPS) is 17.5. The molecule has 1 aliphatic rings. The summed E-state index contributed by atoms with van der Waals surface area (Å²) in [7, 11) is -0.698. The first-order valence-electron chi connectivity index (χ1n) is 13.9. The van der Waals surface area contributed by atoms with Crippen LogP contribution in [-0.2, 0) is 10.0 Å². The highest BCUT2D eigenvalue weighted by Gasteiger charge is 2.34. The summed E-state index contributed by atoms with van der Waals surface area (Å²) in [5.41, 5.74) is 1.86. The number of benzene rings is 3. The van der Waals surface area contributed by atoms with Crippen molar-refractivity contribution in [3.8, 4) is 11.5 Å². The first kappa shape index (κ1) is 31.6. The van der Waals surface area contributed by atoms with Gasteiger partial charge < -0.3 is 29.7 Å². The third kappa shape index (κ3) is 7.57. The van der Waals surface area contributed by atoms with E-state index in [1.54, 1.807) is 68.4 Å². The number of aryl methyl sites for hydroxylation is 1. The second-order valence-corrected chi connectivity index (χ2v) is 12.5. The van der Waals surface area contributed by atoms with Gasteiger partial charge in [0.1, 0.15) is 17.6 Å². The Morgan fingerprint density at radius 2 is 1.77 bits per heavy atom. The largest absolute Gasteiger partial charge is 0.497 e. The molecule has 0 fully saturated rings. The van der Waals surface area contributed by atoms with Crippen LogP contribution in [0.1, 0.15) is 29.8 Å². The summed E-state index contributed by atoms with van der Waals surface area (Å²) < 4.78 is 40.1. The van der Waals surface area contributed by atoms with Gasteiger partial charge in [0.05, 0.1) is 36.8 Å². The second kappa shape index (κ2) is 13.3. The Balaban J connectivity index is 1.59. The average Bonchev–Trinajstić information content (AvgIpc) is 2.99. The highest BCUT2D eigenvalue weighted by Crippen LogP contribution is 2.31. The molecule has 12 heteroatoms. The van der Waals surface area contributed by atoms with Gasteiger partial charge in [-0.25, -0.2) is 13.2 Å². The van der Waals surface area contributed by atoms with Crippen LogP contribution in [0.25, 0.3) is 0 Å². The van der Waals surface area contributed by atoms with Gasteiger partial charge in [-0.15, -0.1) is 0 Å². The number of aliphatic hydroxyl groups is 1. The number of nitrogens with one attached hydrogen (secondary N) is 2. The first-order chi connectivity index (χ1) is 20.4. The number of rotatable bonds is 9. The molecule has 0 spiro atoms. The van der Waals surface area contributed by atoms with Gasteiger partial charge in [-0.2, -0.15) is 0 Å². The predicted molar refractivity (Wildman–Crippen MR) is 164 cm³/mol. The maximum atomic E-state index is 13.7. The van der Waals surface area contributed by atoms with Gasteiger partial charge in [-0.3, -0.25) is 9.52 Å². The zero-order chi connectivity index (χ0) is 31.3. The Bertz CT molecular complexity index is 1550. The van der Waals surface area contributed by atoms with Crippen LogP contribution in [0.5, 0.6) is 11.5 Å². The molecule has 4 rings (SSSR count). The number of carbonyl (C=O) groups excluding carboxylic acids is 2. The van der Waals surface area contributed by atoms with E-state index in [0.29, 0.717) is 11.4 Å². The molecular weight excluding hydrogens is 572 g/mol. The Morgan fingerprint density at radius 3 is 2.40 bits per heavy atom. The van der Waals surface area contributed by atoms with Gasteiger partial charge in [-0.05, 0) is 68.4 Å². The summed E-state index contributed by atoms with van der Waals surface area (Å²) >= 11 is 0. The number of carbonyl (C=O) groups is 2. The molecule has 0 unspecified atom stereocenters. The van der Waals surface area contributed by atoms with Gasteiger partial charge >= 0.3 is 6.03 Å². The van der Waals surface area contributed by atoms with Crippen LogP contribution in [0.2, 0.25) is 0 Å². The number of aliphatic hydroxyl groups excluding tert-OH is 1. The van der Waals surface area contributed by atoms with Crippen molar-refractivity contribution in [3.63, 3.8) is 0 Å². The molecule has 1 heterocycles. The summed E-state index contributed by atoms with van der Waals surface area (Å²) in [6.45, 7) is 5.70. The number of hydrogen-bond acceptors (Lipinski definition) is 7. The van der Waals surface area contributed by atoms with Crippen LogP contribution in [0, 0.1) is 12.8 Å². The zero-order valence-electron chi connectivity index (χ0n) is 24.9. The smallest absolute Gasteiger partial charge is 0.321 e. The zero-order valence-corrected chi connectivity index (χ0v) is 25.7. The van der Waals surface area contributed by atoms with Crippen LogP contribution < -0.4 is 19.5 Å². The molecule has 3 aromatic carbocycles. The number of urea groups is 1. The van der Waals surface area contributed by atoms with Gasteiger partial charge in [0.2, 0.25) is 0 Å². The molecule has 11 nitrogen and oxygen atoms in total. The van der Waals surface area contributed by atoms with Crippen LogP contribution in [0.3, 0.4) is 0 Å². The fraction of sp³-hybridized carbons (Fsp3) is 0.355. The van der Waals surface area contributed by atoms with E-state index in [-0.39, 0.29) is 53.5 Å². The highest BCUT2D eigenvalue weighted by molar-refractivity contribution is 7.92. The summed E-state index contributed by atoms with van der Waals surface area (Å²) in [6.07, 6.45) is -0.526. The number of sulfonamides is 1. The van der Waals surface area contributed by atoms with Gasteiger partial charge in [0.25, 0.3) is 15.9 Å². The molecule has 3 atom stereocenters. The molecule has 0 radical (unpaired) electrons. The molecule has 3 amide bonds. The lowest BCUT2D eigenvalue weighted by atomic mass is 9.99. The van der Waals surface area contributed by atoms with E-state index in [1.165, 1.54) is 29.2 Å². The van der Waals surface area contributed by atoms with Crippen LogP contribution in [0.4, 0.5) is 16.2 Å². The fourth-order valence-electron chi connectivity index (χ4n) is 4.68. The fourth-order valence-corrected chi connectivity index (χ4v) is 5.73. The van der Waals surface area contributed by atoms with Crippen molar-refractivity contribution in [1.82, 2.24) is 9.80 Å². The van der Waals surface area contributed by atoms with Crippen molar-refractivity contribution in [3.05, 3.63) is 77.9 Å². The SMILES string of the molecule is COc1ccc(NC(=O)N(C)C[C@@H]2Oc3ccc(NS(=O)(=O)c4ccc(C)cc4)cc3C(=O)N([C@@H](C)CO)C[C@H]2C)cc1. The summed E-state index contributed by atoms with van der Waals surface area (Å²) in [6, 6.07) is 17.1. The number of nitrogens with zero attached hydrogens (tertiary/aromatic N) is 2. The second-order valence-electron chi connectivity index (χ2n) is 10.8. The number of ether oxygens (including phenoxy) is 2. The Kier molecular flexibility index (Phi) is 9.82. The standard InChI is InChI=1S/C31H38N4O7S/c1-20-6-13-26(14-7-20)43(39,40)33-24-10-15-28-27(16-24)30(37)35(22(3)19-36)17-21(2)29(42-28)18-34(4)31(38)32-23-8-11-25(41-5)12-9-23/h6-16,21-22,29,33,36H,17-19H2,1-5H3,(H,32,38)/t21-,22+,29+/m1/s1. The lowest BCUT2D eigenvalue weighted by Gasteiger charge is -2.38. The quantitative estimate of drug-likeness (QED) is 0.330. The van der Waals surface area contributed by atoms with Crippen molar-refractivity contribution in [2.45, 2.75) is 37.8 Å². The third-order valence-corrected chi connectivity index (χ3v) is 8.79. The molecule has 0 bridgehead atoms. The Hall–Kier alpha value is -4.29. The maximum Gasteiger partial charge on any atom is 0.321 e. The van der Waals surface area contributed by atoms with E-state index in [2.05, 4.69) is 10.0 Å². The number of anilines is 2. The molecule has 230 valence electrons. The minimum Gasteiger partial charge on any atom is -0.497 e. The van der Waals surface area contributed by atoms with Crippen molar-refractivity contribution in [2.24, 2.45) is 5.92 Å². The van der Waals surface area contributed by atoms with Crippen molar-refractivity contribution in [1.29, 1.82) is 0 Å². The van der Waals surface area contributed by atoms with Crippen molar-refractivity contribution >= 4 is 33.3 Å². The molecular formula is C31H38N4O7S. The summed E-state index contributed by atoms with van der Waals surface area (Å²) in [4.78, 5) is 29.9. The lowest BCUT2D eigenvalue weighted by Crippen LogP contribution is -2.50. The minimum absolute atomic E-state index is 0.0905. The summed E-state index contributed by atoms with van der Waals surface area (Å²) in [5, 5.41) is 12.8. The first-order valence-corrected chi connectivity index (χ1v) is 15.4. The molecule has 3 aromatic rings. The molecule has 3 N–H and O–H groups in total. The molecule has 43 heavy (non-hydrogen) atoms. The number of hydrogen-bond donors (Lipinski definition) is 3. The van der Waals surface area contributed by atoms with E-state index in [4.69, 9.17) is 9.47 Å². The van der Waals surface area contributed by atoms with Gasteiger partial charge in [0.15, 0.2) is 0 Å². The molecule has 0 aliphatic carbocycles. The van der Waals surface area contributed by atoms with Crippen molar-refractivity contribution < 1.29 is 32.6 Å². The average molecular weight is 611 g/mol. The van der Waals surface area contributed by atoms with E-state index < -0.39 is 28.1 Å². The van der Waals surface area contributed by atoms with E-state index >= 15 is 0 Å². The minimum atomic E-state index is -3.91. The molecule has 0 saturated heterocycles. The molecule has 0 saturated carbocycles. The van der Waals surface area contributed by atoms with Crippen LogP contribution in [0.15, 0.2) is 71.6 Å². The highest BCUT2D eigenvalue weighted by atomic mass is 32.2. The van der Waals surface area contributed by atoms with Crippen molar-refractivity contribution in [2.75, 3.05) is 43.9 Å². The van der Waals surface area contributed by atoms with Crippen LogP contribution >= 0.6 is 0 Å². The Labute approximate surface area is 252 Å². The van der Waals surface area contributed by atoms with E-state index in [1.807, 2.05) is 13.8 Å². The number of likely N-dealkylation sites (N-methyl/N-ethyl adjacent to an activating group) is 1. The molecule has 0 aromatic heterocycles. The maximum absolute atomic E-state index is 13.7. The number of methoxy groups -OCH3 is 1. The Morgan fingerprint density at radius 1 is 1.12 bits per heavy atom. The van der Waals surface area contributed by atoms with Gasteiger partial charge in [0, 0.05) is 30.9 Å². The summed E-state index contributed by atoms with van der Waals surface area (Å²) in [5.74, 6) is 0.300. The lowest BCUT2D eigenvalue weighted by molar-refractivity contribution is 0.0371. The molecule has 1 aliphatic heterocycles. The number of fused-ring (bicyclic) bond motifs is 1. The topological polar surface area (TPSA) is 138 Å². The number of amides is 3. The third-order valence-electron chi connectivity index (χ3n) is 7.39. The monoisotopic (exact) mass is 610 g/mol. The van der Waals surface area contributed by atoms with Gasteiger partial charge in [-0.1, -0.05) is 24.6 Å². The predicted octanol–water partition coefficient (Wildman–Crippen LogP) is 4.19. The van der Waals surface area contributed by atoms with E-state index in [0.717, 1.165) is 5.56 Å².